The van der Waals surface area contributed by atoms with Crippen molar-refractivity contribution in [3.05, 3.63) is 95.0 Å². The zero-order valence-corrected chi connectivity index (χ0v) is 14.0. The van der Waals surface area contributed by atoms with E-state index in [-0.39, 0.29) is 5.78 Å². The molecule has 0 amide bonds. The van der Waals surface area contributed by atoms with E-state index in [1.807, 2.05) is 60.7 Å². The number of hydrogen-bond acceptors (Lipinski definition) is 1. The van der Waals surface area contributed by atoms with Gasteiger partial charge in [0.2, 0.25) is 0 Å². The predicted octanol–water partition coefficient (Wildman–Crippen LogP) is 6.37. The zero-order valence-electron chi connectivity index (χ0n) is 13.3. The molecule has 0 atom stereocenters. The van der Waals surface area contributed by atoms with E-state index < -0.39 is 0 Å². The topological polar surface area (TPSA) is 17.1 Å². The van der Waals surface area contributed by atoms with Gasteiger partial charge in [0.25, 0.3) is 0 Å². The minimum Gasteiger partial charge on any atom is -0.289 e. The summed E-state index contributed by atoms with van der Waals surface area (Å²) in [5, 5.41) is 2.94. The summed E-state index contributed by atoms with van der Waals surface area (Å²) in [6.45, 7) is 0. The van der Waals surface area contributed by atoms with Crippen LogP contribution in [0.1, 0.15) is 15.9 Å². The zero-order chi connectivity index (χ0) is 17.0. The van der Waals surface area contributed by atoms with Gasteiger partial charge in [-0.15, -0.1) is 0 Å². The Morgan fingerprint density at radius 1 is 0.600 bits per heavy atom. The number of halogens is 1. The van der Waals surface area contributed by atoms with Gasteiger partial charge in [-0.25, -0.2) is 0 Å². The summed E-state index contributed by atoms with van der Waals surface area (Å²) in [5.41, 5.74) is 5.67. The molecule has 0 aliphatic heterocycles. The average molecular weight is 341 g/mol. The summed E-state index contributed by atoms with van der Waals surface area (Å²) in [6, 6.07) is 26.0. The van der Waals surface area contributed by atoms with E-state index in [1.165, 1.54) is 0 Å². The smallest absolute Gasteiger partial charge is 0.194 e. The second kappa shape index (κ2) is 5.30. The van der Waals surface area contributed by atoms with Crippen LogP contribution in [-0.2, 0) is 0 Å². The van der Waals surface area contributed by atoms with Gasteiger partial charge in [-0.3, -0.25) is 4.79 Å². The van der Waals surface area contributed by atoms with Crippen molar-refractivity contribution < 1.29 is 4.79 Å². The van der Waals surface area contributed by atoms with Crippen molar-refractivity contribution in [2.75, 3.05) is 0 Å². The Bertz CT molecular complexity index is 1170. The van der Waals surface area contributed by atoms with Gasteiger partial charge in [-0.05, 0) is 51.2 Å². The molecular formula is C23H13ClO. The average Bonchev–Trinajstić information content (AvgIpc) is 2.94. The number of carbonyl (C=O) groups excluding carboxylic acids is 1. The van der Waals surface area contributed by atoms with Gasteiger partial charge in [0.05, 0.1) is 0 Å². The number of hydrogen-bond donors (Lipinski definition) is 0. The number of benzene rings is 4. The van der Waals surface area contributed by atoms with Gasteiger partial charge in [0.15, 0.2) is 5.78 Å². The van der Waals surface area contributed by atoms with Gasteiger partial charge in [-0.1, -0.05) is 72.3 Å². The fourth-order valence-electron chi connectivity index (χ4n) is 3.70. The summed E-state index contributed by atoms with van der Waals surface area (Å²) in [4.78, 5) is 13.0. The van der Waals surface area contributed by atoms with Crippen LogP contribution in [0.3, 0.4) is 0 Å². The van der Waals surface area contributed by atoms with Crippen molar-refractivity contribution in [1.29, 1.82) is 0 Å². The predicted molar refractivity (Wildman–Crippen MR) is 103 cm³/mol. The summed E-state index contributed by atoms with van der Waals surface area (Å²) < 4.78 is 0. The molecule has 0 heterocycles. The largest absolute Gasteiger partial charge is 0.289 e. The lowest BCUT2D eigenvalue weighted by molar-refractivity contribution is 0.104. The van der Waals surface area contributed by atoms with Crippen LogP contribution in [0, 0.1) is 0 Å². The van der Waals surface area contributed by atoms with Gasteiger partial charge in [-0.2, -0.15) is 0 Å². The molecule has 0 saturated heterocycles. The molecule has 0 bridgehead atoms. The standard InChI is InChI=1S/C23H13ClO/c24-17-11-10-14-12-16(9-8-15(14)13-17)18-6-3-7-20-19-4-1-2-5-21(19)23(25)22(18)20/h1-13H. The lowest BCUT2D eigenvalue weighted by atomic mass is 9.94. The maximum Gasteiger partial charge on any atom is 0.194 e. The highest BCUT2D eigenvalue weighted by Crippen LogP contribution is 2.41. The molecule has 5 rings (SSSR count). The van der Waals surface area contributed by atoms with E-state index in [0.29, 0.717) is 0 Å². The number of carbonyl (C=O) groups is 1. The Morgan fingerprint density at radius 3 is 2.16 bits per heavy atom. The van der Waals surface area contributed by atoms with Crippen LogP contribution in [-0.4, -0.2) is 5.78 Å². The number of fused-ring (bicyclic) bond motifs is 4. The van der Waals surface area contributed by atoms with Crippen molar-refractivity contribution in [3.8, 4) is 22.3 Å². The fraction of sp³-hybridized carbons (Fsp3) is 0. The first-order chi connectivity index (χ1) is 12.2. The molecule has 0 radical (unpaired) electrons. The Labute approximate surface area is 150 Å². The first-order valence-corrected chi connectivity index (χ1v) is 8.57. The van der Waals surface area contributed by atoms with Crippen molar-refractivity contribution in [2.45, 2.75) is 0 Å². The van der Waals surface area contributed by atoms with E-state index in [0.717, 1.165) is 49.2 Å². The molecule has 4 aromatic carbocycles. The van der Waals surface area contributed by atoms with E-state index in [9.17, 15) is 4.79 Å². The quantitative estimate of drug-likeness (QED) is 0.346. The fourth-order valence-corrected chi connectivity index (χ4v) is 3.88. The van der Waals surface area contributed by atoms with E-state index in [4.69, 9.17) is 11.6 Å². The minimum absolute atomic E-state index is 0.109. The van der Waals surface area contributed by atoms with Crippen LogP contribution in [0.25, 0.3) is 33.0 Å². The molecule has 1 aliphatic rings. The molecule has 0 aromatic heterocycles. The first kappa shape index (κ1) is 14.4. The van der Waals surface area contributed by atoms with Crippen LogP contribution in [0.5, 0.6) is 0 Å². The molecule has 1 nitrogen and oxygen atoms in total. The molecule has 1 aliphatic carbocycles. The summed E-state index contributed by atoms with van der Waals surface area (Å²) >= 11 is 6.08. The lowest BCUT2D eigenvalue weighted by Crippen LogP contribution is -1.98. The molecule has 4 aromatic rings. The second-order valence-electron chi connectivity index (χ2n) is 6.31. The molecule has 25 heavy (non-hydrogen) atoms. The number of ketones is 1. The molecule has 2 heteroatoms. The molecular weight excluding hydrogens is 328 g/mol. The van der Waals surface area contributed by atoms with Crippen LogP contribution in [0.4, 0.5) is 0 Å². The highest BCUT2D eigenvalue weighted by Gasteiger charge is 2.28. The van der Waals surface area contributed by atoms with Gasteiger partial charge in [0, 0.05) is 16.1 Å². The Morgan fingerprint density at radius 2 is 1.28 bits per heavy atom. The lowest BCUT2D eigenvalue weighted by Gasteiger charge is -2.09. The summed E-state index contributed by atoms with van der Waals surface area (Å²) in [7, 11) is 0. The number of rotatable bonds is 1. The van der Waals surface area contributed by atoms with Gasteiger partial charge >= 0.3 is 0 Å². The highest BCUT2D eigenvalue weighted by atomic mass is 35.5. The minimum atomic E-state index is 0.109. The van der Waals surface area contributed by atoms with Crippen LogP contribution >= 0.6 is 11.6 Å². The van der Waals surface area contributed by atoms with E-state index >= 15 is 0 Å². The maximum absolute atomic E-state index is 13.0. The highest BCUT2D eigenvalue weighted by molar-refractivity contribution is 6.31. The Balaban J connectivity index is 1.75. The van der Waals surface area contributed by atoms with Crippen LogP contribution < -0.4 is 0 Å². The third kappa shape index (κ3) is 2.13. The summed E-state index contributed by atoms with van der Waals surface area (Å²) in [6.07, 6.45) is 0. The molecule has 118 valence electrons. The third-order valence-electron chi connectivity index (χ3n) is 4.87. The van der Waals surface area contributed by atoms with Gasteiger partial charge < -0.3 is 0 Å². The van der Waals surface area contributed by atoms with Crippen molar-refractivity contribution in [1.82, 2.24) is 0 Å². The van der Waals surface area contributed by atoms with E-state index in [1.54, 1.807) is 0 Å². The molecule has 0 fully saturated rings. The molecule has 0 spiro atoms. The molecule has 0 unspecified atom stereocenters. The van der Waals surface area contributed by atoms with Crippen molar-refractivity contribution in [3.63, 3.8) is 0 Å². The van der Waals surface area contributed by atoms with Crippen LogP contribution in [0.15, 0.2) is 78.9 Å². The van der Waals surface area contributed by atoms with Crippen LogP contribution in [0.2, 0.25) is 5.02 Å². The SMILES string of the molecule is O=C1c2ccccc2-c2cccc(-c3ccc4cc(Cl)ccc4c3)c21. The second-order valence-corrected chi connectivity index (χ2v) is 6.75. The van der Waals surface area contributed by atoms with E-state index in [2.05, 4.69) is 18.2 Å². The monoisotopic (exact) mass is 340 g/mol. The maximum atomic E-state index is 13.0. The third-order valence-corrected chi connectivity index (χ3v) is 5.10. The van der Waals surface area contributed by atoms with Crippen molar-refractivity contribution in [2.24, 2.45) is 0 Å². The Hall–Kier alpha value is -2.90. The normalized spacial score (nSPS) is 12.3. The van der Waals surface area contributed by atoms with Gasteiger partial charge in [0.1, 0.15) is 0 Å². The summed E-state index contributed by atoms with van der Waals surface area (Å²) in [5.74, 6) is 0.109. The first-order valence-electron chi connectivity index (χ1n) is 8.19. The molecule has 0 saturated carbocycles. The molecule has 0 N–H and O–H groups in total. The Kier molecular flexibility index (Phi) is 3.06. The van der Waals surface area contributed by atoms with Crippen molar-refractivity contribution >= 4 is 28.2 Å².